The standard InChI is InChI=1S/C13H12N6O2/c20-6-5-19-8-9(15-18-19)7-14-13(21)12-10-3-1-2-4-11(10)16-17-12/h1-4,6,8H,5,7H2,(H,14,21)(H,16,17). The molecular formula is C13H12N6O2. The molecule has 0 unspecified atom stereocenters. The van der Waals surface area contributed by atoms with E-state index in [4.69, 9.17) is 0 Å². The second-order valence-electron chi connectivity index (χ2n) is 4.40. The number of nitrogens with zero attached hydrogens (tertiary/aromatic N) is 4. The topological polar surface area (TPSA) is 106 Å². The van der Waals surface area contributed by atoms with Gasteiger partial charge in [0.2, 0.25) is 0 Å². The lowest BCUT2D eigenvalue weighted by Crippen LogP contribution is -2.23. The fourth-order valence-corrected chi connectivity index (χ4v) is 1.98. The summed E-state index contributed by atoms with van der Waals surface area (Å²) in [6.45, 7) is 0.365. The van der Waals surface area contributed by atoms with Crippen LogP contribution in [-0.2, 0) is 17.9 Å². The lowest BCUT2D eigenvalue weighted by Gasteiger charge is -2.00. The van der Waals surface area contributed by atoms with E-state index in [1.165, 1.54) is 4.68 Å². The number of carbonyl (C=O) groups excluding carboxylic acids is 2. The van der Waals surface area contributed by atoms with E-state index in [-0.39, 0.29) is 19.0 Å². The van der Waals surface area contributed by atoms with E-state index in [0.29, 0.717) is 11.4 Å². The first-order valence-electron chi connectivity index (χ1n) is 6.32. The second kappa shape index (κ2) is 5.53. The van der Waals surface area contributed by atoms with Gasteiger partial charge < -0.3 is 10.1 Å². The molecule has 2 N–H and O–H groups in total. The van der Waals surface area contributed by atoms with Gasteiger partial charge >= 0.3 is 0 Å². The average Bonchev–Trinajstić information content (AvgIpc) is 3.12. The van der Waals surface area contributed by atoms with Crippen LogP contribution in [0.4, 0.5) is 0 Å². The van der Waals surface area contributed by atoms with Crippen molar-refractivity contribution in [1.82, 2.24) is 30.5 Å². The Bertz CT molecular complexity index is 791. The van der Waals surface area contributed by atoms with E-state index >= 15 is 0 Å². The number of amides is 1. The predicted molar refractivity (Wildman–Crippen MR) is 73.3 cm³/mol. The Hall–Kier alpha value is -3.03. The first kappa shape index (κ1) is 13.0. The third kappa shape index (κ3) is 2.64. The van der Waals surface area contributed by atoms with Crippen LogP contribution in [0.1, 0.15) is 16.2 Å². The van der Waals surface area contributed by atoms with Crippen molar-refractivity contribution < 1.29 is 9.59 Å². The van der Waals surface area contributed by atoms with E-state index in [1.54, 1.807) is 6.20 Å². The molecule has 0 saturated heterocycles. The largest absolute Gasteiger partial charge is 0.345 e. The third-order valence-corrected chi connectivity index (χ3v) is 2.96. The van der Waals surface area contributed by atoms with Gasteiger partial charge in [0.05, 0.1) is 24.8 Å². The SMILES string of the molecule is O=CCn1cc(CNC(=O)c2n[nH]c3ccccc23)nn1. The van der Waals surface area contributed by atoms with Crippen LogP contribution < -0.4 is 5.32 Å². The minimum atomic E-state index is -0.294. The fourth-order valence-electron chi connectivity index (χ4n) is 1.98. The first-order valence-corrected chi connectivity index (χ1v) is 6.32. The summed E-state index contributed by atoms with van der Waals surface area (Å²) in [6.07, 6.45) is 2.34. The van der Waals surface area contributed by atoms with Crippen molar-refractivity contribution in [2.24, 2.45) is 0 Å². The van der Waals surface area contributed by atoms with Gasteiger partial charge in [0.1, 0.15) is 12.0 Å². The quantitative estimate of drug-likeness (QED) is 0.655. The molecule has 1 aromatic carbocycles. The van der Waals surface area contributed by atoms with Crippen molar-refractivity contribution in [3.05, 3.63) is 41.9 Å². The molecule has 3 rings (SSSR count). The number of aromatic nitrogens is 5. The maximum Gasteiger partial charge on any atom is 0.272 e. The van der Waals surface area contributed by atoms with Gasteiger partial charge in [-0.05, 0) is 6.07 Å². The highest BCUT2D eigenvalue weighted by Gasteiger charge is 2.13. The molecule has 2 aromatic heterocycles. The number of carbonyl (C=O) groups is 2. The van der Waals surface area contributed by atoms with E-state index in [2.05, 4.69) is 25.8 Å². The van der Waals surface area contributed by atoms with Crippen LogP contribution in [0.2, 0.25) is 0 Å². The highest BCUT2D eigenvalue weighted by atomic mass is 16.2. The Morgan fingerprint density at radius 1 is 1.38 bits per heavy atom. The summed E-state index contributed by atoms with van der Waals surface area (Å²) in [5, 5.41) is 17.9. The molecule has 0 radical (unpaired) electrons. The van der Waals surface area contributed by atoms with Gasteiger partial charge in [-0.3, -0.25) is 9.89 Å². The summed E-state index contributed by atoms with van der Waals surface area (Å²) in [5.41, 5.74) is 1.72. The molecule has 3 aromatic rings. The average molecular weight is 284 g/mol. The molecule has 106 valence electrons. The summed E-state index contributed by atoms with van der Waals surface area (Å²) in [7, 11) is 0. The zero-order valence-electron chi connectivity index (χ0n) is 11.0. The number of fused-ring (bicyclic) bond motifs is 1. The number of aromatic amines is 1. The molecular weight excluding hydrogens is 272 g/mol. The minimum absolute atomic E-state index is 0.144. The molecule has 8 heteroatoms. The van der Waals surface area contributed by atoms with Crippen LogP contribution in [0.15, 0.2) is 30.5 Å². The third-order valence-electron chi connectivity index (χ3n) is 2.96. The van der Waals surface area contributed by atoms with Crippen LogP contribution in [0.3, 0.4) is 0 Å². The molecule has 2 heterocycles. The summed E-state index contributed by atoms with van der Waals surface area (Å²) < 4.78 is 1.40. The van der Waals surface area contributed by atoms with Crippen molar-refractivity contribution in [1.29, 1.82) is 0 Å². The van der Waals surface area contributed by atoms with E-state index in [1.807, 2.05) is 24.3 Å². The zero-order chi connectivity index (χ0) is 14.7. The van der Waals surface area contributed by atoms with Crippen molar-refractivity contribution in [3.8, 4) is 0 Å². The minimum Gasteiger partial charge on any atom is -0.345 e. The first-order chi connectivity index (χ1) is 10.3. The van der Waals surface area contributed by atoms with Crippen molar-refractivity contribution in [2.75, 3.05) is 0 Å². The highest BCUT2D eigenvalue weighted by molar-refractivity contribution is 6.04. The van der Waals surface area contributed by atoms with Crippen LogP contribution in [0, 0.1) is 0 Å². The maximum absolute atomic E-state index is 12.1. The number of rotatable bonds is 5. The summed E-state index contributed by atoms with van der Waals surface area (Å²) in [4.78, 5) is 22.5. The molecule has 0 aliphatic carbocycles. The van der Waals surface area contributed by atoms with Crippen molar-refractivity contribution in [2.45, 2.75) is 13.1 Å². The molecule has 1 amide bonds. The summed E-state index contributed by atoms with van der Waals surface area (Å²) in [5.74, 6) is -0.294. The van der Waals surface area contributed by atoms with Crippen LogP contribution >= 0.6 is 0 Å². The Balaban J connectivity index is 1.69. The molecule has 0 bridgehead atoms. The van der Waals surface area contributed by atoms with Gasteiger partial charge in [0.25, 0.3) is 5.91 Å². The number of nitrogens with one attached hydrogen (secondary N) is 2. The number of H-pyrrole nitrogens is 1. The molecule has 0 aliphatic heterocycles. The van der Waals surface area contributed by atoms with Crippen molar-refractivity contribution in [3.63, 3.8) is 0 Å². The van der Waals surface area contributed by atoms with E-state index in [9.17, 15) is 9.59 Å². The smallest absolute Gasteiger partial charge is 0.272 e. The maximum atomic E-state index is 12.1. The highest BCUT2D eigenvalue weighted by Crippen LogP contribution is 2.14. The summed E-state index contributed by atoms with van der Waals surface area (Å²) in [6, 6.07) is 7.39. The van der Waals surface area contributed by atoms with Crippen LogP contribution in [0.25, 0.3) is 10.9 Å². The fraction of sp³-hybridized carbons (Fsp3) is 0.154. The molecule has 0 spiro atoms. The molecule has 8 nitrogen and oxygen atoms in total. The van der Waals surface area contributed by atoms with Gasteiger partial charge in [-0.2, -0.15) is 5.10 Å². The lowest BCUT2D eigenvalue weighted by atomic mass is 10.2. The van der Waals surface area contributed by atoms with Gasteiger partial charge in [-0.1, -0.05) is 23.4 Å². The van der Waals surface area contributed by atoms with Crippen LogP contribution in [0.5, 0.6) is 0 Å². The van der Waals surface area contributed by atoms with Gasteiger partial charge in [-0.15, -0.1) is 5.10 Å². The van der Waals surface area contributed by atoms with Crippen LogP contribution in [-0.4, -0.2) is 37.4 Å². The predicted octanol–water partition coefficient (Wildman–Crippen LogP) is 0.283. The van der Waals surface area contributed by atoms with Gasteiger partial charge in [0, 0.05) is 5.39 Å². The Morgan fingerprint density at radius 3 is 3.10 bits per heavy atom. The van der Waals surface area contributed by atoms with E-state index < -0.39 is 0 Å². The Morgan fingerprint density at radius 2 is 2.24 bits per heavy atom. The number of para-hydroxylation sites is 1. The lowest BCUT2D eigenvalue weighted by molar-refractivity contribution is -0.108. The normalized spacial score (nSPS) is 10.7. The molecule has 0 aliphatic rings. The molecule has 0 atom stereocenters. The number of benzene rings is 1. The van der Waals surface area contributed by atoms with Crippen molar-refractivity contribution >= 4 is 23.1 Å². The van der Waals surface area contributed by atoms with Gasteiger partial charge in [0.15, 0.2) is 5.69 Å². The number of hydrogen-bond donors (Lipinski definition) is 2. The summed E-state index contributed by atoms with van der Waals surface area (Å²) >= 11 is 0. The molecule has 0 saturated carbocycles. The second-order valence-corrected chi connectivity index (χ2v) is 4.40. The molecule has 0 fully saturated rings. The number of aldehydes is 1. The monoisotopic (exact) mass is 284 g/mol. The van der Waals surface area contributed by atoms with E-state index in [0.717, 1.165) is 17.2 Å². The molecule has 21 heavy (non-hydrogen) atoms. The Kier molecular flexibility index (Phi) is 3.42. The zero-order valence-corrected chi connectivity index (χ0v) is 11.0. The Labute approximate surface area is 119 Å². The number of hydrogen-bond acceptors (Lipinski definition) is 5. The van der Waals surface area contributed by atoms with Gasteiger partial charge in [-0.25, -0.2) is 4.68 Å².